The molecule has 2 nitrogen and oxygen atoms in total. The molecule has 0 fully saturated rings. The van der Waals surface area contributed by atoms with Crippen LogP contribution in [0.3, 0.4) is 0 Å². The van der Waals surface area contributed by atoms with Gasteiger partial charge in [-0.05, 0) is 36.5 Å². The fourth-order valence-corrected chi connectivity index (χ4v) is 1.91. The number of hydrogen-bond donors (Lipinski definition) is 0. The summed E-state index contributed by atoms with van der Waals surface area (Å²) in [6.07, 6.45) is 3.67. The Morgan fingerprint density at radius 1 is 1.50 bits per heavy atom. The Kier molecular flexibility index (Phi) is 2.42. The number of benzene rings is 1. The van der Waals surface area contributed by atoms with Gasteiger partial charge < -0.3 is 0 Å². The van der Waals surface area contributed by atoms with E-state index in [4.69, 9.17) is 0 Å². The van der Waals surface area contributed by atoms with Crippen molar-refractivity contribution in [2.45, 2.75) is 25.3 Å². The number of aryl methyl sites for hydroxylation is 1. The van der Waals surface area contributed by atoms with E-state index in [9.17, 15) is 9.18 Å². The SMILES string of the molecule is O=C=NC1CCc2cccc(F)c2C1. The van der Waals surface area contributed by atoms with E-state index in [2.05, 4.69) is 4.99 Å². The van der Waals surface area contributed by atoms with Gasteiger partial charge in [0.1, 0.15) is 5.82 Å². The molecular weight excluding hydrogens is 181 g/mol. The van der Waals surface area contributed by atoms with Crippen LogP contribution in [-0.4, -0.2) is 12.1 Å². The van der Waals surface area contributed by atoms with E-state index in [0.29, 0.717) is 12.0 Å². The molecule has 1 aliphatic rings. The summed E-state index contributed by atoms with van der Waals surface area (Å²) in [6.45, 7) is 0. The van der Waals surface area contributed by atoms with Gasteiger partial charge in [-0.2, -0.15) is 0 Å². The van der Waals surface area contributed by atoms with Gasteiger partial charge in [0.25, 0.3) is 0 Å². The number of aliphatic imine (C=N–C) groups is 1. The summed E-state index contributed by atoms with van der Waals surface area (Å²) in [5.74, 6) is -0.187. The molecule has 0 aromatic heterocycles. The highest BCUT2D eigenvalue weighted by atomic mass is 19.1. The third kappa shape index (κ3) is 1.59. The van der Waals surface area contributed by atoms with Gasteiger partial charge in [-0.15, -0.1) is 0 Å². The van der Waals surface area contributed by atoms with Gasteiger partial charge in [0.05, 0.1) is 6.04 Å². The maximum absolute atomic E-state index is 13.3. The molecule has 0 saturated heterocycles. The normalized spacial score (nSPS) is 19.6. The van der Waals surface area contributed by atoms with Crippen LogP contribution >= 0.6 is 0 Å². The molecule has 1 aliphatic carbocycles. The second kappa shape index (κ2) is 3.72. The molecule has 1 aromatic rings. The van der Waals surface area contributed by atoms with Gasteiger partial charge >= 0.3 is 0 Å². The smallest absolute Gasteiger partial charge is 0.211 e. The maximum atomic E-state index is 13.3. The lowest BCUT2D eigenvalue weighted by Gasteiger charge is -2.20. The second-order valence-electron chi connectivity index (χ2n) is 3.49. The Labute approximate surface area is 81.5 Å². The zero-order valence-electron chi connectivity index (χ0n) is 7.66. The summed E-state index contributed by atoms with van der Waals surface area (Å²) in [5, 5.41) is 0. The minimum absolute atomic E-state index is 0.0862. The van der Waals surface area contributed by atoms with Gasteiger partial charge in [-0.1, -0.05) is 12.1 Å². The van der Waals surface area contributed by atoms with Gasteiger partial charge in [0.2, 0.25) is 6.08 Å². The summed E-state index contributed by atoms with van der Waals surface area (Å²) < 4.78 is 13.3. The Morgan fingerprint density at radius 2 is 2.36 bits per heavy atom. The van der Waals surface area contributed by atoms with Crippen molar-refractivity contribution in [1.82, 2.24) is 0 Å². The van der Waals surface area contributed by atoms with Crippen molar-refractivity contribution in [2.24, 2.45) is 4.99 Å². The molecule has 0 N–H and O–H groups in total. The highest BCUT2D eigenvalue weighted by Crippen LogP contribution is 2.24. The van der Waals surface area contributed by atoms with Gasteiger partial charge in [0.15, 0.2) is 0 Å². The summed E-state index contributed by atoms with van der Waals surface area (Å²) in [5.41, 5.74) is 1.75. The molecule has 2 rings (SSSR count). The minimum Gasteiger partial charge on any atom is -0.211 e. The molecule has 0 spiro atoms. The first-order valence-electron chi connectivity index (χ1n) is 4.64. The zero-order chi connectivity index (χ0) is 9.97. The number of nitrogens with zero attached hydrogens (tertiary/aromatic N) is 1. The molecule has 1 atom stereocenters. The Morgan fingerprint density at radius 3 is 3.14 bits per heavy atom. The number of fused-ring (bicyclic) bond motifs is 1. The molecule has 0 bridgehead atoms. The topological polar surface area (TPSA) is 29.4 Å². The zero-order valence-corrected chi connectivity index (χ0v) is 7.66. The van der Waals surface area contributed by atoms with Crippen molar-refractivity contribution < 1.29 is 9.18 Å². The fourth-order valence-electron chi connectivity index (χ4n) is 1.91. The number of rotatable bonds is 1. The van der Waals surface area contributed by atoms with E-state index in [1.54, 1.807) is 12.1 Å². The van der Waals surface area contributed by atoms with Crippen LogP contribution in [-0.2, 0) is 17.6 Å². The van der Waals surface area contributed by atoms with Crippen LogP contribution < -0.4 is 0 Å². The van der Waals surface area contributed by atoms with E-state index in [1.165, 1.54) is 6.07 Å². The lowest BCUT2D eigenvalue weighted by atomic mass is 9.88. The lowest BCUT2D eigenvalue weighted by molar-refractivity contribution is 0.521. The van der Waals surface area contributed by atoms with Crippen LogP contribution in [0.5, 0.6) is 0 Å². The molecule has 0 radical (unpaired) electrons. The summed E-state index contributed by atoms with van der Waals surface area (Å²) in [6, 6.07) is 5.01. The molecule has 14 heavy (non-hydrogen) atoms. The molecule has 72 valence electrons. The van der Waals surface area contributed by atoms with E-state index in [0.717, 1.165) is 18.4 Å². The van der Waals surface area contributed by atoms with Crippen molar-refractivity contribution in [3.05, 3.63) is 35.1 Å². The Hall–Kier alpha value is -1.47. The van der Waals surface area contributed by atoms with E-state index in [-0.39, 0.29) is 11.9 Å². The summed E-state index contributed by atoms with van der Waals surface area (Å²) in [7, 11) is 0. The fraction of sp³-hybridized carbons (Fsp3) is 0.364. The number of isocyanates is 1. The average Bonchev–Trinajstić information content (AvgIpc) is 2.20. The highest BCUT2D eigenvalue weighted by Gasteiger charge is 2.20. The van der Waals surface area contributed by atoms with Crippen LogP contribution in [0.25, 0.3) is 0 Å². The van der Waals surface area contributed by atoms with Crippen LogP contribution in [0, 0.1) is 5.82 Å². The van der Waals surface area contributed by atoms with Crippen molar-refractivity contribution in [1.29, 1.82) is 0 Å². The predicted molar refractivity (Wildman–Crippen MR) is 50.3 cm³/mol. The quantitative estimate of drug-likeness (QED) is 0.493. The molecule has 0 aliphatic heterocycles. The molecule has 0 amide bonds. The van der Waals surface area contributed by atoms with Crippen LogP contribution in [0.15, 0.2) is 23.2 Å². The highest BCUT2D eigenvalue weighted by molar-refractivity contribution is 5.36. The number of carbonyl (C=O) groups excluding carboxylic acids is 1. The first kappa shape index (κ1) is 9.10. The second-order valence-corrected chi connectivity index (χ2v) is 3.49. The molecule has 1 unspecified atom stereocenters. The molecule has 1 aromatic carbocycles. The standard InChI is InChI=1S/C11H10FNO/c12-11-3-1-2-8-4-5-9(13-7-14)6-10(8)11/h1-3,9H,4-6H2. The minimum atomic E-state index is -0.187. The third-order valence-electron chi connectivity index (χ3n) is 2.64. The van der Waals surface area contributed by atoms with Crippen molar-refractivity contribution in [3.63, 3.8) is 0 Å². The molecule has 0 saturated carbocycles. The van der Waals surface area contributed by atoms with Gasteiger partial charge in [-0.25, -0.2) is 14.2 Å². The number of halogens is 1. The van der Waals surface area contributed by atoms with E-state index in [1.807, 2.05) is 6.07 Å². The lowest BCUT2D eigenvalue weighted by Crippen LogP contribution is -2.18. The maximum Gasteiger partial charge on any atom is 0.235 e. The first-order valence-corrected chi connectivity index (χ1v) is 4.64. The Bertz CT molecular complexity index is 396. The third-order valence-corrected chi connectivity index (χ3v) is 2.64. The largest absolute Gasteiger partial charge is 0.235 e. The average molecular weight is 191 g/mol. The molecule has 0 heterocycles. The van der Waals surface area contributed by atoms with Crippen molar-refractivity contribution >= 4 is 6.08 Å². The monoisotopic (exact) mass is 191 g/mol. The predicted octanol–water partition coefficient (Wildman–Crippen LogP) is 2.02. The van der Waals surface area contributed by atoms with Gasteiger partial charge in [-0.3, -0.25) is 0 Å². The van der Waals surface area contributed by atoms with Crippen LogP contribution in [0.4, 0.5) is 4.39 Å². The van der Waals surface area contributed by atoms with E-state index < -0.39 is 0 Å². The summed E-state index contributed by atoms with van der Waals surface area (Å²) in [4.78, 5) is 13.7. The van der Waals surface area contributed by atoms with E-state index >= 15 is 0 Å². The van der Waals surface area contributed by atoms with Crippen LogP contribution in [0.2, 0.25) is 0 Å². The van der Waals surface area contributed by atoms with Gasteiger partial charge in [0, 0.05) is 0 Å². The first-order chi connectivity index (χ1) is 6.81. The number of hydrogen-bond acceptors (Lipinski definition) is 2. The molecular formula is C11H10FNO. The van der Waals surface area contributed by atoms with Crippen LogP contribution in [0.1, 0.15) is 17.5 Å². The molecule has 3 heteroatoms. The van der Waals surface area contributed by atoms with Crippen molar-refractivity contribution in [3.8, 4) is 0 Å². The van der Waals surface area contributed by atoms with Crippen molar-refractivity contribution in [2.75, 3.05) is 0 Å². The summed E-state index contributed by atoms with van der Waals surface area (Å²) >= 11 is 0. The Balaban J connectivity index is 2.33.